The average molecular weight is 404 g/mol. The van der Waals surface area contributed by atoms with Gasteiger partial charge in [0.05, 0.1) is 11.3 Å². The van der Waals surface area contributed by atoms with Crippen LogP contribution in [0.1, 0.15) is 27.0 Å². The molecule has 0 aliphatic heterocycles. The second kappa shape index (κ2) is 9.60. The summed E-state index contributed by atoms with van der Waals surface area (Å²) in [5.74, 6) is -0.572. The van der Waals surface area contributed by atoms with Crippen LogP contribution < -0.4 is 15.8 Å². The first-order valence-corrected chi connectivity index (χ1v) is 9.53. The summed E-state index contributed by atoms with van der Waals surface area (Å²) >= 11 is 0. The number of hydrogen-bond donors (Lipinski definition) is 2. The standard InChI is InChI=1S/C24H24N2O4/c1-16-8-10-20(12-17(16)2)26-23(27)15-29-22-13-19(9-11-21(22)25)24(28)30-14-18-6-4-3-5-7-18/h3-13H,14-15,25H2,1-2H3,(H,26,27). The smallest absolute Gasteiger partial charge is 0.338 e. The normalized spacial score (nSPS) is 10.3. The molecule has 6 nitrogen and oxygen atoms in total. The number of anilines is 2. The zero-order valence-electron chi connectivity index (χ0n) is 17.0. The number of ether oxygens (including phenoxy) is 2. The van der Waals surface area contributed by atoms with E-state index in [1.165, 1.54) is 6.07 Å². The van der Waals surface area contributed by atoms with Gasteiger partial charge >= 0.3 is 5.97 Å². The third-order valence-electron chi connectivity index (χ3n) is 4.61. The number of nitrogens with one attached hydrogen (secondary N) is 1. The molecule has 3 rings (SSSR count). The highest BCUT2D eigenvalue weighted by Crippen LogP contribution is 2.23. The van der Waals surface area contributed by atoms with Crippen molar-refractivity contribution in [3.8, 4) is 5.75 Å². The van der Waals surface area contributed by atoms with Crippen LogP contribution in [0.15, 0.2) is 66.7 Å². The van der Waals surface area contributed by atoms with E-state index in [2.05, 4.69) is 5.32 Å². The van der Waals surface area contributed by atoms with Gasteiger partial charge in [-0.15, -0.1) is 0 Å². The highest BCUT2D eigenvalue weighted by molar-refractivity contribution is 5.92. The van der Waals surface area contributed by atoms with Crippen LogP contribution in [-0.4, -0.2) is 18.5 Å². The summed E-state index contributed by atoms with van der Waals surface area (Å²) in [5, 5.41) is 2.78. The number of amides is 1. The van der Waals surface area contributed by atoms with Gasteiger partial charge in [0, 0.05) is 5.69 Å². The molecule has 0 fully saturated rings. The first-order chi connectivity index (χ1) is 14.4. The summed E-state index contributed by atoms with van der Waals surface area (Å²) in [7, 11) is 0. The number of nitrogen functional groups attached to an aromatic ring is 1. The van der Waals surface area contributed by atoms with Crippen LogP contribution in [0.4, 0.5) is 11.4 Å². The minimum Gasteiger partial charge on any atom is -0.482 e. The molecule has 0 atom stereocenters. The Labute approximate surface area is 175 Å². The molecular formula is C24H24N2O4. The van der Waals surface area contributed by atoms with E-state index in [1.807, 2.05) is 62.4 Å². The van der Waals surface area contributed by atoms with Gasteiger partial charge in [0.25, 0.3) is 5.91 Å². The highest BCUT2D eigenvalue weighted by atomic mass is 16.5. The largest absolute Gasteiger partial charge is 0.482 e. The van der Waals surface area contributed by atoms with Crippen molar-refractivity contribution in [3.05, 3.63) is 89.0 Å². The summed E-state index contributed by atoms with van der Waals surface area (Å²) in [6, 6.07) is 19.6. The van der Waals surface area contributed by atoms with Gasteiger partial charge in [0.2, 0.25) is 0 Å². The Morgan fingerprint density at radius 1 is 0.933 bits per heavy atom. The number of benzene rings is 3. The van der Waals surface area contributed by atoms with Crippen molar-refractivity contribution in [1.29, 1.82) is 0 Å². The monoisotopic (exact) mass is 404 g/mol. The van der Waals surface area contributed by atoms with Crippen LogP contribution in [0.2, 0.25) is 0 Å². The lowest BCUT2D eigenvalue weighted by Crippen LogP contribution is -2.20. The van der Waals surface area contributed by atoms with E-state index in [9.17, 15) is 9.59 Å². The molecule has 3 aromatic rings. The molecular weight excluding hydrogens is 380 g/mol. The molecule has 6 heteroatoms. The van der Waals surface area contributed by atoms with Crippen molar-refractivity contribution in [2.75, 3.05) is 17.7 Å². The van der Waals surface area contributed by atoms with Gasteiger partial charge in [-0.05, 0) is 60.9 Å². The van der Waals surface area contributed by atoms with Crippen molar-refractivity contribution in [3.63, 3.8) is 0 Å². The fraction of sp³-hybridized carbons (Fsp3) is 0.167. The van der Waals surface area contributed by atoms with E-state index in [-0.39, 0.29) is 24.9 Å². The van der Waals surface area contributed by atoms with Gasteiger partial charge in [-0.2, -0.15) is 0 Å². The van der Waals surface area contributed by atoms with Crippen molar-refractivity contribution >= 4 is 23.3 Å². The maximum absolute atomic E-state index is 12.3. The Kier molecular flexibility index (Phi) is 6.70. The molecule has 3 aromatic carbocycles. The van der Waals surface area contributed by atoms with Crippen LogP contribution in [0.3, 0.4) is 0 Å². The summed E-state index contributed by atoms with van der Waals surface area (Å²) < 4.78 is 10.9. The van der Waals surface area contributed by atoms with Crippen LogP contribution >= 0.6 is 0 Å². The molecule has 0 saturated carbocycles. The van der Waals surface area contributed by atoms with Crippen molar-refractivity contribution in [2.45, 2.75) is 20.5 Å². The van der Waals surface area contributed by atoms with Crippen LogP contribution in [0.25, 0.3) is 0 Å². The maximum atomic E-state index is 12.3. The van der Waals surface area contributed by atoms with E-state index >= 15 is 0 Å². The molecule has 30 heavy (non-hydrogen) atoms. The third kappa shape index (κ3) is 5.61. The van der Waals surface area contributed by atoms with E-state index in [0.717, 1.165) is 16.7 Å². The third-order valence-corrected chi connectivity index (χ3v) is 4.61. The molecule has 154 valence electrons. The quantitative estimate of drug-likeness (QED) is 0.454. The van der Waals surface area contributed by atoms with E-state index < -0.39 is 5.97 Å². The molecule has 0 radical (unpaired) electrons. The van der Waals surface area contributed by atoms with Gasteiger partial charge in [-0.25, -0.2) is 4.79 Å². The number of aryl methyl sites for hydroxylation is 2. The minimum absolute atomic E-state index is 0.165. The van der Waals surface area contributed by atoms with Gasteiger partial charge in [-0.3, -0.25) is 4.79 Å². The van der Waals surface area contributed by atoms with Crippen molar-refractivity contribution < 1.29 is 19.1 Å². The zero-order valence-corrected chi connectivity index (χ0v) is 17.0. The lowest BCUT2D eigenvalue weighted by molar-refractivity contribution is -0.118. The van der Waals surface area contributed by atoms with Crippen molar-refractivity contribution in [1.82, 2.24) is 0 Å². The SMILES string of the molecule is Cc1ccc(NC(=O)COc2cc(C(=O)OCc3ccccc3)ccc2N)cc1C. The number of carbonyl (C=O) groups excluding carboxylic acids is 2. The van der Waals surface area contributed by atoms with Gasteiger partial charge < -0.3 is 20.5 Å². The topological polar surface area (TPSA) is 90.6 Å². The second-order valence-corrected chi connectivity index (χ2v) is 6.95. The van der Waals surface area contributed by atoms with E-state index in [1.54, 1.807) is 12.1 Å². The molecule has 0 aliphatic carbocycles. The summed E-state index contributed by atoms with van der Waals surface area (Å²) in [6.45, 7) is 3.91. The predicted octanol–water partition coefficient (Wildman–Crippen LogP) is 4.26. The van der Waals surface area contributed by atoms with Crippen LogP contribution in [-0.2, 0) is 16.1 Å². The molecule has 0 saturated heterocycles. The fourth-order valence-electron chi connectivity index (χ4n) is 2.75. The molecule has 0 bridgehead atoms. The number of esters is 1. The molecule has 0 heterocycles. The molecule has 1 amide bonds. The zero-order chi connectivity index (χ0) is 21.5. The Balaban J connectivity index is 1.58. The second-order valence-electron chi connectivity index (χ2n) is 6.95. The molecule has 0 aliphatic rings. The van der Waals surface area contributed by atoms with Crippen LogP contribution in [0.5, 0.6) is 5.75 Å². The number of rotatable bonds is 7. The Bertz CT molecular complexity index is 1050. The summed E-state index contributed by atoms with van der Waals surface area (Å²) in [4.78, 5) is 24.5. The molecule has 0 unspecified atom stereocenters. The number of nitrogens with two attached hydrogens (primary N) is 1. The lowest BCUT2D eigenvalue weighted by atomic mass is 10.1. The van der Waals surface area contributed by atoms with E-state index in [0.29, 0.717) is 16.9 Å². The first-order valence-electron chi connectivity index (χ1n) is 9.53. The Morgan fingerprint density at radius 2 is 1.70 bits per heavy atom. The lowest BCUT2D eigenvalue weighted by Gasteiger charge is -2.12. The molecule has 0 aromatic heterocycles. The van der Waals surface area contributed by atoms with Gasteiger partial charge in [0.1, 0.15) is 12.4 Å². The van der Waals surface area contributed by atoms with Crippen molar-refractivity contribution in [2.24, 2.45) is 0 Å². The molecule has 3 N–H and O–H groups in total. The first kappa shape index (κ1) is 20.9. The van der Waals surface area contributed by atoms with Gasteiger partial charge in [0.15, 0.2) is 6.61 Å². The average Bonchev–Trinajstić information content (AvgIpc) is 2.75. The fourth-order valence-corrected chi connectivity index (χ4v) is 2.75. The molecule has 0 spiro atoms. The van der Waals surface area contributed by atoms with Crippen LogP contribution in [0, 0.1) is 13.8 Å². The minimum atomic E-state index is -0.497. The Hall–Kier alpha value is -3.80. The number of carbonyl (C=O) groups is 2. The maximum Gasteiger partial charge on any atom is 0.338 e. The summed E-state index contributed by atoms with van der Waals surface area (Å²) in [6.07, 6.45) is 0. The highest BCUT2D eigenvalue weighted by Gasteiger charge is 2.12. The van der Waals surface area contributed by atoms with Gasteiger partial charge in [-0.1, -0.05) is 36.4 Å². The Morgan fingerprint density at radius 3 is 2.43 bits per heavy atom. The summed E-state index contributed by atoms with van der Waals surface area (Å²) in [5.41, 5.74) is 10.4. The predicted molar refractivity (Wildman–Crippen MR) is 116 cm³/mol. The number of hydrogen-bond acceptors (Lipinski definition) is 5. The van der Waals surface area contributed by atoms with E-state index in [4.69, 9.17) is 15.2 Å².